The minimum atomic E-state index is -1.61. The van der Waals surface area contributed by atoms with Gasteiger partial charge in [-0.3, -0.25) is 0 Å². The average Bonchev–Trinajstić information content (AvgIpc) is 3.11. The van der Waals surface area contributed by atoms with Crippen molar-refractivity contribution in [2.75, 3.05) is 19.8 Å². The molecule has 4 heterocycles. The number of aliphatic hydroxyl groups excluding tert-OH is 5. The van der Waals surface area contributed by atoms with Crippen molar-refractivity contribution in [3.05, 3.63) is 71.8 Å². The maximum absolute atomic E-state index is 11.3. The van der Waals surface area contributed by atoms with Crippen LogP contribution in [-0.4, -0.2) is 125 Å². The average molecular weight is 677 g/mol. The van der Waals surface area contributed by atoms with Crippen LogP contribution in [0.2, 0.25) is 0 Å². The maximum Gasteiger partial charge on any atom is 0.187 e. The molecule has 16 atom stereocenters. The predicted octanol–water partition coefficient (Wildman–Crippen LogP) is 1.03. The topological polar surface area (TPSA) is 175 Å². The summed E-state index contributed by atoms with van der Waals surface area (Å²) in [7, 11) is 0. The summed E-state index contributed by atoms with van der Waals surface area (Å²) in [4.78, 5) is 0. The minimum absolute atomic E-state index is 0.0322. The number of ether oxygens (including phenoxy) is 8. The Morgan fingerprint density at radius 1 is 0.688 bits per heavy atom. The van der Waals surface area contributed by atoms with E-state index in [1.165, 1.54) is 0 Å². The molecule has 13 nitrogen and oxygen atoms in total. The predicted molar refractivity (Wildman–Crippen MR) is 167 cm³/mol. The molecule has 13 heteroatoms. The Morgan fingerprint density at radius 2 is 1.33 bits per heavy atom. The highest BCUT2D eigenvalue weighted by molar-refractivity contribution is 5.17. The lowest BCUT2D eigenvalue weighted by Gasteiger charge is -2.50. The highest BCUT2D eigenvalue weighted by Crippen LogP contribution is 2.38. The third-order valence-electron chi connectivity index (χ3n) is 10.0. The van der Waals surface area contributed by atoms with Crippen molar-refractivity contribution in [3.8, 4) is 0 Å². The van der Waals surface area contributed by atoms with Crippen LogP contribution in [0.1, 0.15) is 38.2 Å². The molecule has 48 heavy (non-hydrogen) atoms. The van der Waals surface area contributed by atoms with Gasteiger partial charge in [0.25, 0.3) is 0 Å². The second kappa shape index (κ2) is 15.9. The van der Waals surface area contributed by atoms with E-state index < -0.39 is 86.5 Å². The monoisotopic (exact) mass is 676 g/mol. The Kier molecular flexibility index (Phi) is 11.8. The molecule has 4 saturated heterocycles. The molecule has 0 radical (unpaired) electrons. The first-order valence-corrected chi connectivity index (χ1v) is 16.7. The quantitative estimate of drug-likeness (QED) is 0.242. The van der Waals surface area contributed by atoms with Crippen molar-refractivity contribution in [1.29, 1.82) is 0 Å². The summed E-state index contributed by atoms with van der Waals surface area (Å²) >= 11 is 0. The first-order valence-electron chi connectivity index (χ1n) is 16.7. The van der Waals surface area contributed by atoms with Crippen molar-refractivity contribution in [3.63, 3.8) is 0 Å². The maximum atomic E-state index is 11.3. The van der Waals surface area contributed by atoms with Gasteiger partial charge < -0.3 is 63.4 Å². The second-order valence-electron chi connectivity index (χ2n) is 13.2. The first kappa shape index (κ1) is 35.7. The minimum Gasteiger partial charge on any atom is -0.394 e. The fourth-order valence-electron chi connectivity index (χ4n) is 6.87. The van der Waals surface area contributed by atoms with Crippen LogP contribution in [0.15, 0.2) is 60.7 Å². The molecule has 2 aromatic carbocycles. The van der Waals surface area contributed by atoms with Gasteiger partial charge in [0, 0.05) is 5.56 Å². The number of fused-ring (bicyclic) bond motifs is 1. The SMILES string of the molecule is CC1[C@H](C)OC(COCc2ccccc2)[C@@H](O[C@@H]2O[C@@H](CO)[C@@H](O[C@H]3O[C@H]4COC(c5ccccc5)O[C@H]4C(O)C3O)C(O)C2O)[C@@H]1C. The Bertz CT molecular complexity index is 1270. The zero-order valence-electron chi connectivity index (χ0n) is 27.3. The van der Waals surface area contributed by atoms with Gasteiger partial charge in [-0.2, -0.15) is 0 Å². The van der Waals surface area contributed by atoms with Gasteiger partial charge in [-0.05, 0) is 24.3 Å². The Labute approximate surface area is 280 Å². The van der Waals surface area contributed by atoms with E-state index in [-0.39, 0.29) is 31.2 Å². The molecular weight excluding hydrogens is 628 g/mol. The number of benzene rings is 2. The molecule has 266 valence electrons. The van der Waals surface area contributed by atoms with Gasteiger partial charge in [-0.1, -0.05) is 74.5 Å². The molecule has 5 N–H and O–H groups in total. The van der Waals surface area contributed by atoms with Crippen LogP contribution < -0.4 is 0 Å². The summed E-state index contributed by atoms with van der Waals surface area (Å²) in [6.07, 6.45) is -15.2. The smallest absolute Gasteiger partial charge is 0.187 e. The lowest BCUT2D eigenvalue weighted by molar-refractivity contribution is -0.390. The van der Waals surface area contributed by atoms with Gasteiger partial charge in [0.2, 0.25) is 0 Å². The summed E-state index contributed by atoms with van der Waals surface area (Å²) < 4.78 is 48.2. The molecule has 0 amide bonds. The van der Waals surface area contributed by atoms with E-state index in [2.05, 4.69) is 6.92 Å². The fourth-order valence-corrected chi connectivity index (χ4v) is 6.87. The number of aliphatic hydroxyl groups is 5. The number of hydrogen-bond acceptors (Lipinski definition) is 13. The molecule has 0 saturated carbocycles. The van der Waals surface area contributed by atoms with E-state index in [1.807, 2.05) is 74.5 Å². The van der Waals surface area contributed by atoms with E-state index >= 15 is 0 Å². The molecule has 4 aliphatic heterocycles. The van der Waals surface area contributed by atoms with Crippen molar-refractivity contribution in [2.45, 2.75) is 113 Å². The molecule has 0 bridgehead atoms. The first-order chi connectivity index (χ1) is 23.2. The van der Waals surface area contributed by atoms with Crippen LogP contribution >= 0.6 is 0 Å². The summed E-state index contributed by atoms with van der Waals surface area (Å²) in [5.74, 6) is 0.0712. The van der Waals surface area contributed by atoms with E-state index in [0.29, 0.717) is 6.61 Å². The molecule has 2 aromatic rings. The van der Waals surface area contributed by atoms with Gasteiger partial charge in [0.15, 0.2) is 18.9 Å². The van der Waals surface area contributed by atoms with Crippen molar-refractivity contribution >= 4 is 0 Å². The zero-order valence-corrected chi connectivity index (χ0v) is 27.3. The summed E-state index contributed by atoms with van der Waals surface area (Å²) in [6, 6.07) is 18.9. The van der Waals surface area contributed by atoms with Gasteiger partial charge in [0.05, 0.1) is 38.6 Å². The third-order valence-corrected chi connectivity index (χ3v) is 10.0. The fraction of sp³-hybridized carbons (Fsp3) is 0.657. The molecule has 6 rings (SSSR count). The van der Waals surface area contributed by atoms with Crippen LogP contribution in [-0.2, 0) is 44.5 Å². The Morgan fingerprint density at radius 3 is 2.04 bits per heavy atom. The molecule has 0 aromatic heterocycles. The molecule has 0 aliphatic carbocycles. The third kappa shape index (κ3) is 7.64. The second-order valence-corrected chi connectivity index (χ2v) is 13.2. The van der Waals surface area contributed by atoms with E-state index in [1.54, 1.807) is 0 Å². The van der Waals surface area contributed by atoms with Crippen molar-refractivity contribution < 1.29 is 63.4 Å². The van der Waals surface area contributed by atoms with Crippen LogP contribution in [0.5, 0.6) is 0 Å². The highest BCUT2D eigenvalue weighted by Gasteiger charge is 2.54. The van der Waals surface area contributed by atoms with Gasteiger partial charge in [-0.25, -0.2) is 0 Å². The van der Waals surface area contributed by atoms with E-state index in [0.717, 1.165) is 11.1 Å². The zero-order chi connectivity index (χ0) is 33.9. The van der Waals surface area contributed by atoms with Gasteiger partial charge in [0.1, 0.15) is 54.9 Å². The van der Waals surface area contributed by atoms with Crippen molar-refractivity contribution in [1.82, 2.24) is 0 Å². The Hall–Kier alpha value is -2.08. The number of hydrogen-bond donors (Lipinski definition) is 5. The normalized spacial score (nSPS) is 43.4. The molecular formula is C35H48O13. The van der Waals surface area contributed by atoms with Crippen molar-refractivity contribution in [2.24, 2.45) is 11.8 Å². The van der Waals surface area contributed by atoms with Gasteiger partial charge in [-0.15, -0.1) is 0 Å². The highest BCUT2D eigenvalue weighted by atomic mass is 16.8. The lowest BCUT2D eigenvalue weighted by Crippen LogP contribution is -2.66. The summed E-state index contributed by atoms with van der Waals surface area (Å²) in [6.45, 7) is 6.12. The summed E-state index contributed by atoms with van der Waals surface area (Å²) in [5, 5.41) is 54.7. The standard InChI is InChI=1S/C35H48O13/c1-18-19(2)30(24(43-20(18)3)16-41-15-21-10-6-4-7-11-21)46-34-28(39)26(37)31(23(14-36)44-34)48-35-29(40)27(38)32-25(45-35)17-42-33(47-32)22-12-8-5-9-13-22/h4-13,18-20,23-40H,14-17H2,1-3H3/t18?,19-,20+,23+,24?,25+,26?,27?,28?,29?,30+,31-,32-,33?,34+,35-/m1/s1. The van der Waals surface area contributed by atoms with E-state index in [4.69, 9.17) is 37.9 Å². The summed E-state index contributed by atoms with van der Waals surface area (Å²) in [5.41, 5.74) is 1.76. The number of rotatable bonds is 10. The van der Waals surface area contributed by atoms with Crippen LogP contribution in [0.25, 0.3) is 0 Å². The molecule has 7 unspecified atom stereocenters. The molecule has 4 aliphatic rings. The van der Waals surface area contributed by atoms with Crippen LogP contribution in [0, 0.1) is 11.8 Å². The lowest BCUT2D eigenvalue weighted by atomic mass is 9.82. The largest absolute Gasteiger partial charge is 0.394 e. The van der Waals surface area contributed by atoms with Gasteiger partial charge >= 0.3 is 0 Å². The Balaban J connectivity index is 1.09. The van der Waals surface area contributed by atoms with Crippen LogP contribution in [0.4, 0.5) is 0 Å². The molecule has 4 fully saturated rings. The molecule has 0 spiro atoms. The van der Waals surface area contributed by atoms with Crippen LogP contribution in [0.3, 0.4) is 0 Å². The van der Waals surface area contributed by atoms with E-state index in [9.17, 15) is 25.5 Å².